The molecule has 3 rings (SSSR count). The minimum Gasteiger partial charge on any atom is -0.480 e. The van der Waals surface area contributed by atoms with Crippen LogP contribution < -0.4 is 5.32 Å². The van der Waals surface area contributed by atoms with E-state index in [-0.39, 0.29) is 48.5 Å². The predicted molar refractivity (Wildman–Crippen MR) is 149 cm³/mol. The topological polar surface area (TPSA) is 108 Å². The molecule has 9 nitrogen and oxygen atoms in total. The minimum atomic E-state index is -1.30. The van der Waals surface area contributed by atoms with Gasteiger partial charge in [0.2, 0.25) is 11.8 Å². The number of likely N-dealkylation sites (tertiary alicyclic amines) is 1. The van der Waals surface area contributed by atoms with E-state index in [4.69, 9.17) is 9.47 Å². The van der Waals surface area contributed by atoms with Gasteiger partial charge in [0.05, 0.1) is 30.6 Å². The van der Waals surface area contributed by atoms with Crippen molar-refractivity contribution < 1.29 is 33.4 Å². The number of likely N-dealkylation sites (N-methyl/N-ethyl adjacent to an activating group) is 1. The lowest BCUT2D eigenvalue weighted by molar-refractivity contribution is -0.146. The van der Waals surface area contributed by atoms with Gasteiger partial charge in [0.15, 0.2) is 0 Å². The minimum absolute atomic E-state index is 0.0189. The third-order valence-corrected chi connectivity index (χ3v) is 8.87. The summed E-state index contributed by atoms with van der Waals surface area (Å²) in [4.78, 5) is 43.0. The molecule has 0 radical (unpaired) electrons. The molecule has 1 aromatic rings. The Morgan fingerprint density at radius 2 is 1.82 bits per heavy atom. The number of aliphatic carboxylic acids is 1. The predicted octanol–water partition coefficient (Wildman–Crippen LogP) is 2.96. The maximum absolute atomic E-state index is 14.2. The third-order valence-electron chi connectivity index (χ3n) is 8.87. The Hall–Kier alpha value is -2.56. The summed E-state index contributed by atoms with van der Waals surface area (Å²) in [6.07, 6.45) is 1.75. The fraction of sp³-hybridized carbons (Fsp3) is 0.700. The van der Waals surface area contributed by atoms with E-state index >= 15 is 0 Å². The number of methoxy groups -OCH3 is 2. The number of ether oxygens (including phenoxy) is 2. The Morgan fingerprint density at radius 1 is 1.15 bits per heavy atom. The molecule has 0 bridgehead atoms. The molecule has 1 aromatic carbocycles. The van der Waals surface area contributed by atoms with E-state index in [1.54, 1.807) is 20.1 Å². The molecule has 10 heteroatoms. The molecular weight excluding hydrogens is 517 g/mol. The van der Waals surface area contributed by atoms with Crippen molar-refractivity contribution in [1.82, 2.24) is 15.1 Å². The monoisotopic (exact) mass is 563 g/mol. The number of benzene rings is 1. The highest BCUT2D eigenvalue weighted by atomic mass is 19.1. The number of carbonyl (C=O) groups is 3. The number of hydrogen-bond acceptors (Lipinski definition) is 6. The van der Waals surface area contributed by atoms with Crippen molar-refractivity contribution in [2.45, 2.75) is 89.3 Å². The second kappa shape index (κ2) is 13.9. The van der Waals surface area contributed by atoms with E-state index < -0.39 is 35.8 Å². The molecule has 2 amide bonds. The van der Waals surface area contributed by atoms with Gasteiger partial charge in [-0.1, -0.05) is 45.4 Å². The van der Waals surface area contributed by atoms with Crippen molar-refractivity contribution in [1.29, 1.82) is 0 Å². The Bertz CT molecular complexity index is 1040. The number of carboxylic acids is 1. The summed E-state index contributed by atoms with van der Waals surface area (Å²) in [5.74, 6) is -2.34. The van der Waals surface area contributed by atoms with Crippen LogP contribution in [-0.2, 0) is 30.3 Å². The average Bonchev–Trinajstić information content (AvgIpc) is 3.57. The van der Waals surface area contributed by atoms with Crippen LogP contribution in [-0.4, -0.2) is 97.4 Å². The maximum Gasteiger partial charge on any atom is 0.326 e. The number of hydrogen-bond donors (Lipinski definition) is 2. The van der Waals surface area contributed by atoms with Gasteiger partial charge in [-0.3, -0.25) is 9.59 Å². The fourth-order valence-corrected chi connectivity index (χ4v) is 6.46. The van der Waals surface area contributed by atoms with E-state index in [9.17, 15) is 23.9 Å². The molecule has 224 valence electrons. The second-order valence-electron chi connectivity index (χ2n) is 11.7. The SMILES string of the molecule is CCC(C)C(C(CC(=O)N1C2CC2CC1C(OC)C(C)C(=O)NC(Cc1ccccc1F)C(=O)O)OC)N(C)C. The first-order valence-corrected chi connectivity index (χ1v) is 14.2. The van der Waals surface area contributed by atoms with Crippen LogP contribution in [0, 0.1) is 23.6 Å². The van der Waals surface area contributed by atoms with Gasteiger partial charge in [0, 0.05) is 32.7 Å². The van der Waals surface area contributed by atoms with Crippen LogP contribution in [0.4, 0.5) is 4.39 Å². The van der Waals surface area contributed by atoms with Crippen molar-refractivity contribution in [3.8, 4) is 0 Å². The zero-order valence-electron chi connectivity index (χ0n) is 24.8. The number of fused-ring (bicyclic) bond motifs is 1. The first-order chi connectivity index (χ1) is 18.9. The van der Waals surface area contributed by atoms with E-state index in [1.807, 2.05) is 19.0 Å². The molecule has 9 unspecified atom stereocenters. The van der Waals surface area contributed by atoms with Crippen LogP contribution in [0.1, 0.15) is 52.0 Å². The Kier molecular flexibility index (Phi) is 11.1. The third kappa shape index (κ3) is 7.19. The van der Waals surface area contributed by atoms with E-state index in [0.29, 0.717) is 11.8 Å². The molecule has 2 N–H and O–H groups in total. The van der Waals surface area contributed by atoms with Gasteiger partial charge in [-0.15, -0.1) is 0 Å². The van der Waals surface area contributed by atoms with Gasteiger partial charge in [-0.05, 0) is 50.4 Å². The molecule has 0 aromatic heterocycles. The standard InChI is InChI=1S/C30H46FN3O6/c1-8-17(2)27(33(4)5)25(39-6)16-26(35)34-23-14-20(23)15-24(34)28(40-7)18(3)29(36)32-22(30(37)38)13-19-11-9-10-12-21(19)31/h9-12,17-18,20,22-25,27-28H,8,13-16H2,1-7H3,(H,32,36)(H,37,38). The molecule has 0 spiro atoms. The van der Waals surface area contributed by atoms with Gasteiger partial charge >= 0.3 is 5.97 Å². The van der Waals surface area contributed by atoms with Crippen molar-refractivity contribution in [3.05, 3.63) is 35.6 Å². The van der Waals surface area contributed by atoms with E-state index in [2.05, 4.69) is 24.1 Å². The fourth-order valence-electron chi connectivity index (χ4n) is 6.46. The van der Waals surface area contributed by atoms with Crippen molar-refractivity contribution >= 4 is 17.8 Å². The molecule has 1 aliphatic carbocycles. The summed E-state index contributed by atoms with van der Waals surface area (Å²) < 4.78 is 25.8. The summed E-state index contributed by atoms with van der Waals surface area (Å²) in [5, 5.41) is 12.3. The lowest BCUT2D eigenvalue weighted by atomic mass is 9.90. The number of carbonyl (C=O) groups excluding carboxylic acids is 2. The molecular formula is C30H46FN3O6. The van der Waals surface area contributed by atoms with Crippen LogP contribution in [0.3, 0.4) is 0 Å². The second-order valence-corrected chi connectivity index (χ2v) is 11.7. The highest BCUT2D eigenvalue weighted by Gasteiger charge is 2.57. The van der Waals surface area contributed by atoms with Gasteiger partial charge in [-0.2, -0.15) is 0 Å². The van der Waals surface area contributed by atoms with Gasteiger partial charge in [-0.25, -0.2) is 9.18 Å². The van der Waals surface area contributed by atoms with Crippen molar-refractivity contribution in [2.24, 2.45) is 17.8 Å². The Morgan fingerprint density at radius 3 is 2.38 bits per heavy atom. The smallest absolute Gasteiger partial charge is 0.326 e. The average molecular weight is 564 g/mol. The number of nitrogens with zero attached hydrogens (tertiary/aromatic N) is 2. The molecule has 1 heterocycles. The number of amides is 2. The number of halogens is 1. The quantitative estimate of drug-likeness (QED) is 0.338. The summed E-state index contributed by atoms with van der Waals surface area (Å²) in [6, 6.07) is 4.49. The summed E-state index contributed by atoms with van der Waals surface area (Å²) in [5.41, 5.74) is 0.208. The van der Waals surface area contributed by atoms with Crippen LogP contribution in [0.15, 0.2) is 24.3 Å². The molecule has 2 aliphatic rings. The largest absolute Gasteiger partial charge is 0.480 e. The van der Waals surface area contributed by atoms with Gasteiger partial charge in [0.25, 0.3) is 0 Å². The maximum atomic E-state index is 14.2. The summed E-state index contributed by atoms with van der Waals surface area (Å²) in [7, 11) is 7.15. The van der Waals surface area contributed by atoms with E-state index in [1.165, 1.54) is 25.3 Å². The summed E-state index contributed by atoms with van der Waals surface area (Å²) in [6.45, 7) is 5.97. The van der Waals surface area contributed by atoms with Crippen LogP contribution in [0.2, 0.25) is 0 Å². The van der Waals surface area contributed by atoms with Crippen LogP contribution >= 0.6 is 0 Å². The normalized spacial score (nSPS) is 24.5. The van der Waals surface area contributed by atoms with E-state index in [0.717, 1.165) is 19.3 Å². The highest BCUT2D eigenvalue weighted by Crippen LogP contribution is 2.50. The van der Waals surface area contributed by atoms with Crippen LogP contribution in [0.5, 0.6) is 0 Å². The molecule has 1 aliphatic heterocycles. The number of rotatable bonds is 15. The molecule has 2 fully saturated rings. The molecule has 1 saturated carbocycles. The number of nitrogens with one attached hydrogen (secondary N) is 1. The number of carboxylic acid groups (broad SMARTS) is 1. The number of piperidine rings is 1. The van der Waals surface area contributed by atoms with Gasteiger partial charge < -0.3 is 29.7 Å². The zero-order chi connectivity index (χ0) is 29.7. The Balaban J connectivity index is 1.73. The summed E-state index contributed by atoms with van der Waals surface area (Å²) >= 11 is 0. The lowest BCUT2D eigenvalue weighted by Crippen LogP contribution is -2.54. The highest BCUT2D eigenvalue weighted by molar-refractivity contribution is 5.85. The van der Waals surface area contributed by atoms with Gasteiger partial charge in [0.1, 0.15) is 11.9 Å². The van der Waals surface area contributed by atoms with Crippen LogP contribution in [0.25, 0.3) is 0 Å². The van der Waals surface area contributed by atoms with Crippen molar-refractivity contribution in [3.63, 3.8) is 0 Å². The molecule has 1 saturated heterocycles. The lowest BCUT2D eigenvalue weighted by Gasteiger charge is -2.39. The zero-order valence-corrected chi connectivity index (χ0v) is 24.8. The first-order valence-electron chi connectivity index (χ1n) is 14.2. The molecule has 9 atom stereocenters. The molecule has 40 heavy (non-hydrogen) atoms. The Labute approximate surface area is 237 Å². The van der Waals surface area contributed by atoms with Crippen molar-refractivity contribution in [2.75, 3.05) is 28.3 Å². The first kappa shape index (κ1) is 32.0.